The average molecular weight is 1170 g/mol. The van der Waals surface area contributed by atoms with Crippen molar-refractivity contribution >= 4 is 132 Å². The van der Waals surface area contributed by atoms with Gasteiger partial charge in [0.05, 0.1) is 25.5 Å². The molecule has 13 N–H and O–H groups in total. The summed E-state index contributed by atoms with van der Waals surface area (Å²) in [5, 5.41) is 11.4. The highest BCUT2D eigenvalue weighted by Gasteiger charge is 2.40. The number of nitrogens with one attached hydrogen (secondary N) is 5. The third-order valence-electron chi connectivity index (χ3n) is 11.0. The number of aromatic nitrogens is 2. The number of carbonyl (C=O) groups is 5. The van der Waals surface area contributed by atoms with Crippen molar-refractivity contribution in [2.24, 2.45) is 27.9 Å². The standard InChI is InChI=1S/C45H67Cl4N13O6.4ClH/c1-68-44(67)35(27-32-28-54-29-56-32)59-43(66)37(39(31-13-6-3-7-14-31)62(25-19-48)26-20-49)60-41(64)33(15-8-9-21-50)57-40(63)34(16-10-22-55-45(52)53)58-42(65)36(51)38(30-11-4-2-5-12-30)61(23-17-46)24-18-47;;;;/h2-7,11-14,28-29,33-39H,8-10,15-27,50-51H2,1H3,(H,54,56)(H,57,63)(H,58,65)(H,59,66)(H,60,64)(H4,52,53,55);4*1H/t33-,34-,35-,36-,37-,38?,39?;;;;/m0..../s1. The van der Waals surface area contributed by atoms with Crippen molar-refractivity contribution in [1.82, 2.24) is 41.0 Å². The molecule has 27 heteroatoms. The Hall–Kier alpha value is -3.57. The SMILES string of the molecule is COC(=O)[C@H](Cc1cnc[nH]1)NC(=O)[C@@H](NC(=O)[C@H](CCCCN)NC(=O)[C@H](CCCN=C(N)N)NC(=O)[C@@H](N)C(c1ccccc1)N(CCCl)CCCl)C(c1ccccc1)N(CCCl)CCCl.Cl.Cl.Cl.Cl. The minimum Gasteiger partial charge on any atom is -0.467 e. The lowest BCUT2D eigenvalue weighted by Crippen LogP contribution is -2.61. The van der Waals surface area contributed by atoms with E-state index < -0.39 is 71.9 Å². The van der Waals surface area contributed by atoms with Crippen molar-refractivity contribution in [1.29, 1.82) is 0 Å². The van der Waals surface area contributed by atoms with Gasteiger partial charge in [0.2, 0.25) is 23.6 Å². The van der Waals surface area contributed by atoms with Gasteiger partial charge in [0.15, 0.2) is 5.96 Å². The van der Waals surface area contributed by atoms with Crippen LogP contribution >= 0.6 is 96.0 Å². The second-order valence-electron chi connectivity index (χ2n) is 15.8. The Morgan fingerprint density at radius 1 is 0.667 bits per heavy atom. The summed E-state index contributed by atoms with van der Waals surface area (Å²) in [6.07, 6.45) is 4.21. The normalized spacial score (nSPS) is 13.6. The molecule has 0 saturated carbocycles. The summed E-state index contributed by atoms with van der Waals surface area (Å²) in [5.41, 5.74) is 25.7. The lowest BCUT2D eigenvalue weighted by Gasteiger charge is -2.37. The first-order valence-electron chi connectivity index (χ1n) is 22.4. The van der Waals surface area contributed by atoms with Gasteiger partial charge >= 0.3 is 5.97 Å². The summed E-state index contributed by atoms with van der Waals surface area (Å²) in [4.78, 5) is 86.3. The number of aromatic amines is 1. The van der Waals surface area contributed by atoms with Gasteiger partial charge in [-0.25, -0.2) is 9.78 Å². The fraction of sp³-hybridized carbons (Fsp3) is 0.533. The number of hydrogen-bond acceptors (Lipinski definition) is 12. The molecule has 0 bridgehead atoms. The molecular formula is C45H71Cl8N13O6. The lowest BCUT2D eigenvalue weighted by molar-refractivity contribution is -0.145. The van der Waals surface area contributed by atoms with E-state index in [9.17, 15) is 24.0 Å². The van der Waals surface area contributed by atoms with Crippen LogP contribution in [0.2, 0.25) is 0 Å². The molecule has 0 aliphatic carbocycles. The van der Waals surface area contributed by atoms with E-state index >= 15 is 0 Å². The Kier molecular flexibility index (Phi) is 39.0. The molecule has 1 aromatic heterocycles. The molecule has 0 fully saturated rings. The van der Waals surface area contributed by atoms with Crippen LogP contribution < -0.4 is 44.2 Å². The predicted molar refractivity (Wildman–Crippen MR) is 296 cm³/mol. The molecule has 19 nitrogen and oxygen atoms in total. The van der Waals surface area contributed by atoms with E-state index in [0.29, 0.717) is 43.7 Å². The molecule has 7 atom stereocenters. The number of carbonyl (C=O) groups excluding carboxylic acids is 5. The van der Waals surface area contributed by atoms with Crippen molar-refractivity contribution in [3.63, 3.8) is 0 Å². The first-order chi connectivity index (χ1) is 32.8. The highest BCUT2D eigenvalue weighted by molar-refractivity contribution is 6.19. The van der Waals surface area contributed by atoms with Crippen LogP contribution in [0.1, 0.15) is 61.0 Å². The Balaban J connectivity index is 0. The first-order valence-corrected chi connectivity index (χ1v) is 24.6. The molecule has 0 aliphatic heterocycles. The third kappa shape index (κ3) is 23.7. The molecule has 2 aromatic carbocycles. The Labute approximate surface area is 467 Å². The third-order valence-corrected chi connectivity index (χ3v) is 11.7. The van der Waals surface area contributed by atoms with Crippen LogP contribution in [0.15, 0.2) is 78.2 Å². The number of ether oxygens (including phenoxy) is 1. The fourth-order valence-electron chi connectivity index (χ4n) is 7.75. The number of unbranched alkanes of at least 4 members (excludes halogenated alkanes) is 1. The lowest BCUT2D eigenvalue weighted by atomic mass is 9.95. The second kappa shape index (κ2) is 39.8. The van der Waals surface area contributed by atoms with Crippen LogP contribution in [0.5, 0.6) is 0 Å². The number of rotatable bonds is 33. The van der Waals surface area contributed by atoms with Gasteiger partial charge in [-0.1, -0.05) is 60.7 Å². The average Bonchev–Trinajstić information content (AvgIpc) is 3.85. The van der Waals surface area contributed by atoms with Crippen molar-refractivity contribution in [2.45, 2.75) is 80.8 Å². The van der Waals surface area contributed by atoms with Crippen molar-refractivity contribution in [2.75, 3.05) is 69.9 Å². The smallest absolute Gasteiger partial charge is 0.328 e. The van der Waals surface area contributed by atoms with E-state index in [0.717, 1.165) is 5.56 Å². The van der Waals surface area contributed by atoms with E-state index in [1.54, 1.807) is 30.3 Å². The van der Waals surface area contributed by atoms with E-state index in [1.807, 2.05) is 40.1 Å². The molecule has 3 aromatic rings. The number of imidazole rings is 1. The number of halogens is 8. The highest BCUT2D eigenvalue weighted by atomic mass is 35.5. The molecule has 0 radical (unpaired) electrons. The van der Waals surface area contributed by atoms with Crippen LogP contribution in [-0.2, 0) is 35.1 Å². The van der Waals surface area contributed by atoms with Crippen LogP contribution in [0, 0.1) is 0 Å². The van der Waals surface area contributed by atoms with Crippen molar-refractivity contribution in [3.8, 4) is 0 Å². The number of methoxy groups -OCH3 is 1. The summed E-state index contributed by atoms with van der Waals surface area (Å²) < 4.78 is 5.06. The number of nitrogens with two attached hydrogens (primary N) is 4. The van der Waals surface area contributed by atoms with Gasteiger partial charge in [-0.05, 0) is 49.8 Å². The maximum Gasteiger partial charge on any atom is 0.328 e. The topological polar surface area (TPSA) is 294 Å². The maximum atomic E-state index is 14.8. The number of amides is 4. The zero-order chi connectivity index (χ0) is 49.8. The molecule has 2 unspecified atom stereocenters. The predicted octanol–water partition coefficient (Wildman–Crippen LogP) is 3.30. The monoisotopic (exact) mass is 1170 g/mol. The first kappa shape index (κ1) is 70.5. The van der Waals surface area contributed by atoms with E-state index in [-0.39, 0.29) is 124 Å². The summed E-state index contributed by atoms with van der Waals surface area (Å²) in [6.45, 7) is 1.67. The Bertz CT molecular complexity index is 1970. The number of H-pyrrole nitrogens is 1. The van der Waals surface area contributed by atoms with Gasteiger partial charge in [0.25, 0.3) is 0 Å². The number of hydrogen-bond donors (Lipinski definition) is 9. The van der Waals surface area contributed by atoms with Gasteiger partial charge in [-0.15, -0.1) is 96.0 Å². The zero-order valence-corrected chi connectivity index (χ0v) is 46.3. The van der Waals surface area contributed by atoms with E-state index in [2.05, 4.69) is 36.2 Å². The fourth-order valence-corrected chi connectivity index (χ4v) is 8.62. The largest absolute Gasteiger partial charge is 0.467 e. The minimum absolute atomic E-state index is 0. The molecule has 0 aliphatic rings. The molecule has 3 rings (SSSR count). The van der Waals surface area contributed by atoms with E-state index in [4.69, 9.17) is 74.1 Å². The number of aliphatic imine (C=N–C) groups is 1. The molecule has 0 saturated heterocycles. The van der Waals surface area contributed by atoms with Crippen molar-refractivity contribution < 1.29 is 28.7 Å². The van der Waals surface area contributed by atoms with Gasteiger partial charge in [-0.2, -0.15) is 0 Å². The number of benzene rings is 2. The van der Waals surface area contributed by atoms with Gasteiger partial charge in [0.1, 0.15) is 30.2 Å². The van der Waals surface area contributed by atoms with Crippen LogP contribution in [-0.4, -0.2) is 155 Å². The number of alkyl halides is 4. The van der Waals surface area contributed by atoms with E-state index in [1.165, 1.54) is 19.6 Å². The Morgan fingerprint density at radius 2 is 1.14 bits per heavy atom. The highest BCUT2D eigenvalue weighted by Crippen LogP contribution is 2.27. The summed E-state index contributed by atoms with van der Waals surface area (Å²) in [7, 11) is 1.20. The van der Waals surface area contributed by atoms with Crippen LogP contribution in [0.25, 0.3) is 0 Å². The maximum absolute atomic E-state index is 14.8. The summed E-state index contributed by atoms with van der Waals surface area (Å²) >= 11 is 25.0. The van der Waals surface area contributed by atoms with Crippen molar-refractivity contribution in [3.05, 3.63) is 90.0 Å². The van der Waals surface area contributed by atoms with Crippen LogP contribution in [0.3, 0.4) is 0 Å². The quantitative estimate of drug-likeness (QED) is 0.0139. The summed E-state index contributed by atoms with van der Waals surface area (Å²) in [5.74, 6) is -2.98. The number of nitrogens with zero attached hydrogens (tertiary/aromatic N) is 4. The molecule has 408 valence electrons. The molecule has 0 spiro atoms. The second-order valence-corrected chi connectivity index (χ2v) is 17.3. The molecule has 72 heavy (non-hydrogen) atoms. The minimum atomic E-state index is -1.41. The zero-order valence-electron chi connectivity index (χ0n) is 40.0. The van der Waals surface area contributed by atoms with Gasteiger partial charge in [-0.3, -0.25) is 34.0 Å². The number of guanidine groups is 1. The van der Waals surface area contributed by atoms with Gasteiger partial charge in [0, 0.05) is 74.6 Å². The van der Waals surface area contributed by atoms with Gasteiger partial charge < -0.3 is 53.9 Å². The molecule has 1 heterocycles. The number of esters is 1. The molecule has 4 amide bonds. The molecular weight excluding hydrogens is 1100 g/mol. The Morgan fingerprint density at radius 3 is 1.61 bits per heavy atom. The summed E-state index contributed by atoms with van der Waals surface area (Å²) in [6, 6.07) is 10.2. The van der Waals surface area contributed by atoms with Crippen LogP contribution in [0.4, 0.5) is 0 Å².